The maximum absolute atomic E-state index is 11.9. The molecule has 0 bridgehead atoms. The van der Waals surface area contributed by atoms with Gasteiger partial charge in [-0.05, 0) is 18.1 Å². The van der Waals surface area contributed by atoms with Crippen molar-refractivity contribution >= 4 is 11.9 Å². The fraction of sp³-hybridized carbons (Fsp3) is 0.462. The molecule has 0 spiro atoms. The van der Waals surface area contributed by atoms with E-state index >= 15 is 0 Å². The number of nitrogens with one attached hydrogen (secondary N) is 1. The molecule has 0 saturated carbocycles. The van der Waals surface area contributed by atoms with Crippen LogP contribution in [-0.4, -0.2) is 46.0 Å². The highest BCUT2D eigenvalue weighted by molar-refractivity contribution is 5.86. The van der Waals surface area contributed by atoms with Crippen molar-refractivity contribution in [1.29, 1.82) is 0 Å². The smallest absolute Gasteiger partial charge is 0.305 e. The van der Waals surface area contributed by atoms with Gasteiger partial charge >= 0.3 is 5.97 Å². The van der Waals surface area contributed by atoms with E-state index in [1.54, 1.807) is 12.4 Å². The molecule has 2 heterocycles. The van der Waals surface area contributed by atoms with Gasteiger partial charge < -0.3 is 10.4 Å². The van der Waals surface area contributed by atoms with Crippen molar-refractivity contribution in [3.05, 3.63) is 30.1 Å². The highest BCUT2D eigenvalue weighted by Crippen LogP contribution is 2.13. The van der Waals surface area contributed by atoms with Crippen LogP contribution >= 0.6 is 0 Å². The fourth-order valence-corrected chi connectivity index (χ4v) is 2.24. The Hall–Kier alpha value is -1.95. The Morgan fingerprint density at radius 2 is 2.42 bits per heavy atom. The molecule has 1 aliphatic rings. The van der Waals surface area contributed by atoms with Crippen LogP contribution in [0.4, 0.5) is 0 Å². The van der Waals surface area contributed by atoms with Gasteiger partial charge in [0, 0.05) is 32.0 Å². The van der Waals surface area contributed by atoms with Crippen molar-refractivity contribution < 1.29 is 14.7 Å². The first kappa shape index (κ1) is 13.5. The molecule has 0 aromatic carbocycles. The minimum atomic E-state index is -0.960. The van der Waals surface area contributed by atoms with E-state index in [0.717, 1.165) is 12.0 Å². The van der Waals surface area contributed by atoms with E-state index < -0.39 is 12.0 Å². The molecule has 0 radical (unpaired) electrons. The SMILES string of the molecule is O=C(O)CC1C(=O)NCCCN1Cc1cccnc1. The minimum absolute atomic E-state index is 0.175. The average molecular weight is 263 g/mol. The van der Waals surface area contributed by atoms with Crippen LogP contribution in [0.15, 0.2) is 24.5 Å². The number of carbonyl (C=O) groups excluding carboxylic acids is 1. The number of nitrogens with zero attached hydrogens (tertiary/aromatic N) is 2. The molecule has 19 heavy (non-hydrogen) atoms. The Balaban J connectivity index is 2.13. The molecule has 102 valence electrons. The second kappa shape index (κ2) is 6.29. The largest absolute Gasteiger partial charge is 0.481 e. The monoisotopic (exact) mass is 263 g/mol. The van der Waals surface area contributed by atoms with E-state index in [1.165, 1.54) is 0 Å². The van der Waals surface area contributed by atoms with Crippen molar-refractivity contribution in [2.75, 3.05) is 13.1 Å². The van der Waals surface area contributed by atoms with Crippen molar-refractivity contribution in [2.24, 2.45) is 0 Å². The van der Waals surface area contributed by atoms with E-state index in [0.29, 0.717) is 19.6 Å². The van der Waals surface area contributed by atoms with Gasteiger partial charge in [0.2, 0.25) is 5.91 Å². The molecular weight excluding hydrogens is 246 g/mol. The predicted octanol–water partition coefficient (Wildman–Crippen LogP) is 0.247. The zero-order valence-corrected chi connectivity index (χ0v) is 10.6. The number of hydrogen-bond donors (Lipinski definition) is 2. The van der Waals surface area contributed by atoms with Crippen LogP contribution in [0.2, 0.25) is 0 Å². The lowest BCUT2D eigenvalue weighted by atomic mass is 10.1. The number of aliphatic carboxylic acids is 1. The molecule has 2 N–H and O–H groups in total. The Morgan fingerprint density at radius 3 is 3.11 bits per heavy atom. The predicted molar refractivity (Wildman–Crippen MR) is 68.3 cm³/mol. The fourth-order valence-electron chi connectivity index (χ4n) is 2.24. The molecule has 1 fully saturated rings. The van der Waals surface area contributed by atoms with Crippen molar-refractivity contribution in [3.8, 4) is 0 Å². The van der Waals surface area contributed by atoms with Crippen LogP contribution in [0.5, 0.6) is 0 Å². The van der Waals surface area contributed by atoms with E-state index in [4.69, 9.17) is 5.11 Å². The molecule has 1 saturated heterocycles. The van der Waals surface area contributed by atoms with Gasteiger partial charge in [-0.1, -0.05) is 6.07 Å². The van der Waals surface area contributed by atoms with Crippen LogP contribution in [0.1, 0.15) is 18.4 Å². The second-order valence-corrected chi connectivity index (χ2v) is 4.59. The lowest BCUT2D eigenvalue weighted by Crippen LogP contribution is -2.45. The molecule has 0 aliphatic carbocycles. The number of carboxylic acids is 1. The highest BCUT2D eigenvalue weighted by Gasteiger charge is 2.30. The average Bonchev–Trinajstić information content (AvgIpc) is 2.55. The molecule has 6 heteroatoms. The standard InChI is InChI=1S/C13H17N3O3/c17-12(18)7-11-13(19)15-5-2-6-16(11)9-10-3-1-4-14-8-10/h1,3-4,8,11H,2,5-7,9H2,(H,15,19)(H,17,18). The summed E-state index contributed by atoms with van der Waals surface area (Å²) in [4.78, 5) is 28.8. The summed E-state index contributed by atoms with van der Waals surface area (Å²) in [5.41, 5.74) is 0.979. The summed E-state index contributed by atoms with van der Waals surface area (Å²) < 4.78 is 0. The van der Waals surface area contributed by atoms with Gasteiger partial charge in [-0.2, -0.15) is 0 Å². The number of aromatic nitrogens is 1. The summed E-state index contributed by atoms with van der Waals surface area (Å²) in [5, 5.41) is 11.7. The summed E-state index contributed by atoms with van der Waals surface area (Å²) in [7, 11) is 0. The van der Waals surface area contributed by atoms with Gasteiger partial charge in [-0.15, -0.1) is 0 Å². The first-order chi connectivity index (χ1) is 9.16. The number of hydrogen-bond acceptors (Lipinski definition) is 4. The Kier molecular flexibility index (Phi) is 4.46. The zero-order chi connectivity index (χ0) is 13.7. The molecule has 1 amide bonds. The third-order valence-electron chi connectivity index (χ3n) is 3.14. The summed E-state index contributed by atoms with van der Waals surface area (Å²) in [6.07, 6.45) is 4.07. The number of rotatable bonds is 4. The van der Waals surface area contributed by atoms with Crippen LogP contribution in [-0.2, 0) is 16.1 Å². The molecule has 2 rings (SSSR count). The Labute approximate surface area is 111 Å². The summed E-state index contributed by atoms with van der Waals surface area (Å²) in [6, 6.07) is 3.15. The van der Waals surface area contributed by atoms with E-state index in [2.05, 4.69) is 10.3 Å². The molecule has 1 aliphatic heterocycles. The van der Waals surface area contributed by atoms with Gasteiger partial charge in [0.15, 0.2) is 0 Å². The minimum Gasteiger partial charge on any atom is -0.481 e. The number of carboxylic acid groups (broad SMARTS) is 1. The maximum atomic E-state index is 11.9. The van der Waals surface area contributed by atoms with Gasteiger partial charge in [-0.3, -0.25) is 19.5 Å². The van der Waals surface area contributed by atoms with E-state index in [9.17, 15) is 9.59 Å². The molecule has 1 atom stereocenters. The maximum Gasteiger partial charge on any atom is 0.305 e. The van der Waals surface area contributed by atoms with Crippen molar-refractivity contribution in [3.63, 3.8) is 0 Å². The van der Waals surface area contributed by atoms with Crippen LogP contribution in [0.3, 0.4) is 0 Å². The molecule has 1 aromatic rings. The van der Waals surface area contributed by atoms with Gasteiger partial charge in [-0.25, -0.2) is 0 Å². The first-order valence-electron chi connectivity index (χ1n) is 6.29. The van der Waals surface area contributed by atoms with Crippen LogP contribution in [0.25, 0.3) is 0 Å². The van der Waals surface area contributed by atoms with Crippen LogP contribution < -0.4 is 5.32 Å². The van der Waals surface area contributed by atoms with Gasteiger partial charge in [0.25, 0.3) is 0 Å². The topological polar surface area (TPSA) is 82.5 Å². The quantitative estimate of drug-likeness (QED) is 0.813. The number of pyridine rings is 1. The summed E-state index contributed by atoms with van der Waals surface area (Å²) in [6.45, 7) is 1.84. The second-order valence-electron chi connectivity index (χ2n) is 4.59. The number of amides is 1. The van der Waals surface area contributed by atoms with Gasteiger partial charge in [0.05, 0.1) is 12.5 Å². The Morgan fingerprint density at radius 1 is 1.58 bits per heavy atom. The van der Waals surface area contributed by atoms with Crippen molar-refractivity contribution in [2.45, 2.75) is 25.4 Å². The van der Waals surface area contributed by atoms with Gasteiger partial charge in [0.1, 0.15) is 0 Å². The van der Waals surface area contributed by atoms with Crippen molar-refractivity contribution in [1.82, 2.24) is 15.2 Å². The van der Waals surface area contributed by atoms with E-state index in [-0.39, 0.29) is 12.3 Å². The lowest BCUT2D eigenvalue weighted by molar-refractivity contribution is -0.141. The Bertz CT molecular complexity index is 450. The highest BCUT2D eigenvalue weighted by atomic mass is 16.4. The third kappa shape index (κ3) is 3.75. The molecular formula is C13H17N3O3. The van der Waals surface area contributed by atoms with Crippen LogP contribution in [0, 0.1) is 0 Å². The molecule has 1 unspecified atom stereocenters. The first-order valence-corrected chi connectivity index (χ1v) is 6.29. The summed E-state index contributed by atoms with van der Waals surface area (Å²) >= 11 is 0. The lowest BCUT2D eigenvalue weighted by Gasteiger charge is -2.27. The zero-order valence-electron chi connectivity index (χ0n) is 10.6. The third-order valence-corrected chi connectivity index (χ3v) is 3.14. The number of carbonyl (C=O) groups is 2. The molecule has 6 nitrogen and oxygen atoms in total. The summed E-state index contributed by atoms with van der Waals surface area (Å²) in [5.74, 6) is -1.16. The van der Waals surface area contributed by atoms with E-state index in [1.807, 2.05) is 17.0 Å². The normalized spacial score (nSPS) is 20.6. The molecule has 1 aromatic heterocycles.